The van der Waals surface area contributed by atoms with Gasteiger partial charge in [-0.25, -0.2) is 4.98 Å². The van der Waals surface area contributed by atoms with Crippen LogP contribution in [0.1, 0.15) is 36.6 Å². The number of rotatable bonds is 8. The highest BCUT2D eigenvalue weighted by Crippen LogP contribution is 2.24. The third-order valence-corrected chi connectivity index (χ3v) is 5.55. The molecule has 9 heteroatoms. The lowest BCUT2D eigenvalue weighted by Crippen LogP contribution is -2.30. The van der Waals surface area contributed by atoms with Crippen LogP contribution in [-0.2, 0) is 10.5 Å². The van der Waals surface area contributed by atoms with Crippen molar-refractivity contribution in [2.45, 2.75) is 31.6 Å². The Bertz CT molecular complexity index is 755. The molecular weight excluding hydrogens is 344 g/mol. The number of aromatic amines is 1. The second-order valence-corrected chi connectivity index (χ2v) is 7.35. The summed E-state index contributed by atoms with van der Waals surface area (Å²) in [5.41, 5.74) is 1.02. The van der Waals surface area contributed by atoms with Crippen LogP contribution in [0.3, 0.4) is 0 Å². The highest BCUT2D eigenvalue weighted by molar-refractivity contribution is 7.99. The number of benzene rings is 1. The highest BCUT2D eigenvalue weighted by Gasteiger charge is 2.17. The number of hydrogen-bond acceptors (Lipinski definition) is 7. The fourth-order valence-electron chi connectivity index (χ4n) is 2.32. The summed E-state index contributed by atoms with van der Waals surface area (Å²) in [7, 11) is 0. The molecule has 0 bridgehead atoms. The number of thioether (sulfide) groups is 1. The van der Waals surface area contributed by atoms with E-state index in [-0.39, 0.29) is 11.9 Å². The molecule has 7 nitrogen and oxygen atoms in total. The van der Waals surface area contributed by atoms with Crippen molar-refractivity contribution in [3.63, 3.8) is 0 Å². The van der Waals surface area contributed by atoms with Gasteiger partial charge in [0, 0.05) is 5.75 Å². The molecule has 3 aromatic rings. The van der Waals surface area contributed by atoms with Crippen LogP contribution in [0.2, 0.25) is 0 Å². The fraction of sp³-hybridized carbons (Fsp3) is 0.400. The van der Waals surface area contributed by atoms with Crippen molar-refractivity contribution in [3.8, 4) is 0 Å². The lowest BCUT2D eigenvalue weighted by atomic mass is 10.1. The number of thiazole rings is 1. The number of tetrazole rings is 1. The van der Waals surface area contributed by atoms with Gasteiger partial charge in [0.15, 0.2) is 5.82 Å². The molecule has 1 atom stereocenters. The molecule has 0 fully saturated rings. The van der Waals surface area contributed by atoms with E-state index in [1.54, 1.807) is 23.1 Å². The van der Waals surface area contributed by atoms with Gasteiger partial charge in [-0.05, 0) is 18.6 Å². The first kappa shape index (κ1) is 16.8. The first-order chi connectivity index (χ1) is 11.8. The Labute approximate surface area is 147 Å². The normalized spacial score (nSPS) is 12.4. The van der Waals surface area contributed by atoms with E-state index in [0.29, 0.717) is 11.6 Å². The van der Waals surface area contributed by atoms with Crippen molar-refractivity contribution in [1.29, 1.82) is 0 Å². The first-order valence-corrected chi connectivity index (χ1v) is 9.68. The number of nitrogens with one attached hydrogen (secondary N) is 2. The number of nitrogens with zero attached hydrogens (tertiary/aromatic N) is 4. The topological polar surface area (TPSA) is 96.5 Å². The van der Waals surface area contributed by atoms with E-state index in [1.807, 2.05) is 18.2 Å². The van der Waals surface area contributed by atoms with Gasteiger partial charge in [-0.2, -0.15) is 5.21 Å². The molecule has 0 spiro atoms. The zero-order chi connectivity index (χ0) is 16.8. The number of hydrogen-bond donors (Lipinski definition) is 2. The molecule has 0 aliphatic heterocycles. The summed E-state index contributed by atoms with van der Waals surface area (Å²) in [4.78, 5) is 16.7. The second-order valence-electron chi connectivity index (χ2n) is 5.25. The minimum Gasteiger partial charge on any atom is -0.345 e. The molecular formula is C15H18N6OS2. The Morgan fingerprint density at radius 1 is 1.42 bits per heavy atom. The van der Waals surface area contributed by atoms with Gasteiger partial charge in [-0.15, -0.1) is 33.3 Å². The Kier molecular flexibility index (Phi) is 5.76. The van der Waals surface area contributed by atoms with E-state index in [0.717, 1.165) is 29.1 Å². The number of aromatic nitrogens is 5. The zero-order valence-corrected chi connectivity index (χ0v) is 14.9. The predicted molar refractivity (Wildman–Crippen MR) is 95.8 cm³/mol. The molecule has 0 aliphatic rings. The van der Waals surface area contributed by atoms with Crippen LogP contribution < -0.4 is 5.32 Å². The van der Waals surface area contributed by atoms with E-state index >= 15 is 0 Å². The van der Waals surface area contributed by atoms with Crippen molar-refractivity contribution < 1.29 is 4.79 Å². The summed E-state index contributed by atoms with van der Waals surface area (Å²) in [6.45, 7) is 2.06. The summed E-state index contributed by atoms with van der Waals surface area (Å²) < 4.78 is 1.18. The molecule has 3 rings (SSSR count). The largest absolute Gasteiger partial charge is 0.345 e. The molecule has 24 heavy (non-hydrogen) atoms. The van der Waals surface area contributed by atoms with Gasteiger partial charge in [0.05, 0.1) is 22.0 Å². The molecule has 1 amide bonds. The number of fused-ring (bicyclic) bond motifs is 1. The van der Waals surface area contributed by atoms with Crippen LogP contribution in [-0.4, -0.2) is 37.3 Å². The maximum absolute atomic E-state index is 12.2. The molecule has 2 heterocycles. The van der Waals surface area contributed by atoms with Gasteiger partial charge >= 0.3 is 0 Å². The van der Waals surface area contributed by atoms with Crippen LogP contribution in [0, 0.1) is 0 Å². The average molecular weight is 362 g/mol. The number of para-hydroxylation sites is 1. The zero-order valence-electron chi connectivity index (χ0n) is 13.2. The van der Waals surface area contributed by atoms with Gasteiger partial charge in [0.2, 0.25) is 5.91 Å². The van der Waals surface area contributed by atoms with E-state index < -0.39 is 0 Å². The monoisotopic (exact) mass is 362 g/mol. The summed E-state index contributed by atoms with van der Waals surface area (Å²) in [6.07, 6.45) is 1.71. The predicted octanol–water partition coefficient (Wildman–Crippen LogP) is 2.70. The van der Waals surface area contributed by atoms with Gasteiger partial charge in [0.25, 0.3) is 0 Å². The van der Waals surface area contributed by atoms with Gasteiger partial charge in [-0.3, -0.25) is 4.79 Å². The molecule has 0 saturated carbocycles. The maximum atomic E-state index is 12.2. The summed E-state index contributed by atoms with van der Waals surface area (Å²) in [5.74, 6) is 1.62. The molecule has 2 N–H and O–H groups in total. The standard InChI is InChI=1S/C15H18N6OS2/c1-2-5-11(15-18-20-21-19-15)16-13(22)8-23-9-14-17-10-6-3-4-7-12(10)24-14/h3-4,6-7,11H,2,5,8-9H2,1H3,(H,16,22)(H,18,19,20,21)/t11-/m0/s1. The number of carbonyl (C=O) groups excluding carboxylic acids is 1. The first-order valence-electron chi connectivity index (χ1n) is 7.71. The summed E-state index contributed by atoms with van der Waals surface area (Å²) in [5, 5.41) is 17.9. The number of H-pyrrole nitrogens is 1. The Hall–Kier alpha value is -2.00. The Morgan fingerprint density at radius 2 is 2.29 bits per heavy atom. The summed E-state index contributed by atoms with van der Waals surface area (Å²) in [6, 6.07) is 7.88. The van der Waals surface area contributed by atoms with Crippen LogP contribution in [0.4, 0.5) is 0 Å². The molecule has 0 radical (unpaired) electrons. The van der Waals surface area contributed by atoms with Crippen LogP contribution in [0.15, 0.2) is 24.3 Å². The maximum Gasteiger partial charge on any atom is 0.230 e. The van der Waals surface area contributed by atoms with Crippen LogP contribution in [0.5, 0.6) is 0 Å². The van der Waals surface area contributed by atoms with Crippen molar-refractivity contribution in [2.75, 3.05) is 5.75 Å². The van der Waals surface area contributed by atoms with Crippen molar-refractivity contribution in [2.24, 2.45) is 0 Å². The number of carbonyl (C=O) groups is 1. The van der Waals surface area contributed by atoms with Gasteiger partial charge < -0.3 is 5.32 Å². The number of amides is 1. The second kappa shape index (κ2) is 8.20. The van der Waals surface area contributed by atoms with Crippen molar-refractivity contribution >= 4 is 39.2 Å². The quantitative estimate of drug-likeness (QED) is 0.639. The molecule has 2 aromatic heterocycles. The smallest absolute Gasteiger partial charge is 0.230 e. The van der Waals surface area contributed by atoms with E-state index in [1.165, 1.54) is 4.70 Å². The Balaban J connectivity index is 1.49. The summed E-state index contributed by atoms with van der Waals surface area (Å²) >= 11 is 3.23. The molecule has 0 unspecified atom stereocenters. The third kappa shape index (κ3) is 4.30. The SMILES string of the molecule is CCC[C@H](NC(=O)CSCc1nc2ccccc2s1)c1nn[nH]n1. The van der Waals surface area contributed by atoms with Gasteiger partial charge in [0.1, 0.15) is 5.01 Å². The highest BCUT2D eigenvalue weighted by atomic mass is 32.2. The van der Waals surface area contributed by atoms with E-state index in [9.17, 15) is 4.79 Å². The minimum atomic E-state index is -0.190. The van der Waals surface area contributed by atoms with Crippen molar-refractivity contribution in [1.82, 2.24) is 30.9 Å². The lowest BCUT2D eigenvalue weighted by molar-refractivity contribution is -0.119. The van der Waals surface area contributed by atoms with Crippen LogP contribution >= 0.6 is 23.1 Å². The molecule has 0 aliphatic carbocycles. The Morgan fingerprint density at radius 3 is 3.04 bits per heavy atom. The molecule has 126 valence electrons. The lowest BCUT2D eigenvalue weighted by Gasteiger charge is -2.14. The average Bonchev–Trinajstić information content (AvgIpc) is 3.23. The third-order valence-electron chi connectivity index (χ3n) is 3.38. The molecule has 0 saturated heterocycles. The van der Waals surface area contributed by atoms with E-state index in [4.69, 9.17) is 0 Å². The van der Waals surface area contributed by atoms with Crippen LogP contribution in [0.25, 0.3) is 10.2 Å². The van der Waals surface area contributed by atoms with E-state index in [2.05, 4.69) is 43.9 Å². The fourth-order valence-corrected chi connectivity index (χ4v) is 4.18. The minimum absolute atomic E-state index is 0.0237. The molecule has 1 aromatic carbocycles. The van der Waals surface area contributed by atoms with Crippen molar-refractivity contribution in [3.05, 3.63) is 35.1 Å². The van der Waals surface area contributed by atoms with Gasteiger partial charge in [-0.1, -0.05) is 30.7 Å².